The van der Waals surface area contributed by atoms with E-state index >= 15 is 0 Å². The number of sulfonamides is 1. The fourth-order valence-electron chi connectivity index (χ4n) is 5.63. The fraction of sp³-hybridized carbons (Fsp3) is 0.407. The van der Waals surface area contributed by atoms with Gasteiger partial charge in [0, 0.05) is 49.2 Å². The Labute approximate surface area is 229 Å². The quantitative estimate of drug-likeness (QED) is 0.368. The summed E-state index contributed by atoms with van der Waals surface area (Å²) in [5.74, 6) is -3.20. The molecule has 3 aromatic heterocycles. The van der Waals surface area contributed by atoms with Crippen molar-refractivity contribution in [3.05, 3.63) is 59.2 Å². The molecule has 0 bridgehead atoms. The van der Waals surface area contributed by atoms with Gasteiger partial charge in [-0.1, -0.05) is 17.3 Å². The van der Waals surface area contributed by atoms with E-state index in [9.17, 15) is 22.0 Å². The largest absolute Gasteiger partial charge is 0.364 e. The van der Waals surface area contributed by atoms with Gasteiger partial charge in [-0.15, -0.1) is 0 Å². The molecule has 6 rings (SSSR count). The van der Waals surface area contributed by atoms with Crippen LogP contribution in [0.25, 0.3) is 28.3 Å². The molecule has 0 radical (unpaired) electrons. The van der Waals surface area contributed by atoms with Crippen molar-refractivity contribution < 1.29 is 26.5 Å². The van der Waals surface area contributed by atoms with Gasteiger partial charge in [0.15, 0.2) is 0 Å². The molecule has 4 aromatic rings. The van der Waals surface area contributed by atoms with Crippen molar-refractivity contribution in [3.63, 3.8) is 0 Å². The van der Waals surface area contributed by atoms with Crippen LogP contribution >= 0.6 is 0 Å². The van der Waals surface area contributed by atoms with Crippen molar-refractivity contribution >= 4 is 21.6 Å². The molecule has 1 aromatic carbocycles. The molecule has 40 heavy (non-hydrogen) atoms. The third-order valence-electron chi connectivity index (χ3n) is 7.91. The molecule has 210 valence electrons. The number of carbonyl (C=O) groups excluding carboxylic acids is 1. The first-order chi connectivity index (χ1) is 18.9. The zero-order chi connectivity index (χ0) is 28.4. The molecule has 1 aliphatic heterocycles. The lowest BCUT2D eigenvalue weighted by molar-refractivity contribution is -0.0925. The van der Waals surface area contributed by atoms with E-state index in [-0.39, 0.29) is 36.2 Å². The van der Waals surface area contributed by atoms with Crippen molar-refractivity contribution in [3.8, 4) is 22.6 Å². The summed E-state index contributed by atoms with van der Waals surface area (Å²) in [4.78, 5) is 21.8. The number of nitrogens with zero attached hydrogens (tertiary/aromatic N) is 5. The van der Waals surface area contributed by atoms with Gasteiger partial charge >= 0.3 is 0 Å². The predicted octanol–water partition coefficient (Wildman–Crippen LogP) is 4.11. The normalized spacial score (nSPS) is 18.7. The summed E-state index contributed by atoms with van der Waals surface area (Å²) in [6.07, 6.45) is 3.74. The van der Waals surface area contributed by atoms with Gasteiger partial charge in [0.25, 0.3) is 5.91 Å². The fourth-order valence-corrected chi connectivity index (χ4v) is 6.50. The van der Waals surface area contributed by atoms with E-state index in [1.165, 1.54) is 10.6 Å². The molecule has 2 fully saturated rings. The van der Waals surface area contributed by atoms with Crippen molar-refractivity contribution in [2.45, 2.75) is 50.4 Å². The molecular formula is C27H28F2N6O4S. The number of rotatable bonds is 6. The second-order valence-electron chi connectivity index (χ2n) is 10.7. The van der Waals surface area contributed by atoms with Crippen LogP contribution in [0, 0.1) is 6.92 Å². The van der Waals surface area contributed by atoms with Crippen LogP contribution in [0.5, 0.6) is 0 Å². The number of imidazole rings is 1. The Morgan fingerprint density at radius 2 is 1.82 bits per heavy atom. The number of primary amides is 1. The van der Waals surface area contributed by atoms with Crippen molar-refractivity contribution in [1.29, 1.82) is 0 Å². The molecule has 1 amide bonds. The van der Waals surface area contributed by atoms with Crippen LogP contribution in [0.2, 0.25) is 0 Å². The Kier molecular flexibility index (Phi) is 6.26. The van der Waals surface area contributed by atoms with Gasteiger partial charge in [-0.2, -0.15) is 4.98 Å². The molecule has 13 heteroatoms. The first-order valence-corrected chi connectivity index (χ1v) is 14.8. The molecule has 4 heterocycles. The lowest BCUT2D eigenvalue weighted by atomic mass is 9.81. The summed E-state index contributed by atoms with van der Waals surface area (Å²) in [5, 5.41) is 4.00. The number of pyridine rings is 1. The number of aromatic nitrogens is 4. The summed E-state index contributed by atoms with van der Waals surface area (Å²) in [6.45, 7) is 2.79. The highest BCUT2D eigenvalue weighted by Crippen LogP contribution is 2.48. The molecule has 1 aliphatic carbocycles. The van der Waals surface area contributed by atoms with Crippen LogP contribution in [0.15, 0.2) is 41.1 Å². The van der Waals surface area contributed by atoms with Crippen molar-refractivity contribution in [2.75, 3.05) is 19.3 Å². The second-order valence-corrected chi connectivity index (χ2v) is 12.7. The van der Waals surface area contributed by atoms with Crippen LogP contribution in [-0.2, 0) is 10.0 Å². The van der Waals surface area contributed by atoms with Crippen LogP contribution in [0.3, 0.4) is 0 Å². The van der Waals surface area contributed by atoms with Gasteiger partial charge in [0.2, 0.25) is 27.7 Å². The van der Waals surface area contributed by atoms with Gasteiger partial charge < -0.3 is 10.3 Å². The number of amides is 1. The Morgan fingerprint density at radius 1 is 1.10 bits per heavy atom. The van der Waals surface area contributed by atoms with Gasteiger partial charge in [-0.05, 0) is 55.0 Å². The zero-order valence-corrected chi connectivity index (χ0v) is 22.8. The topological polar surface area (TPSA) is 137 Å². The summed E-state index contributed by atoms with van der Waals surface area (Å²) < 4.78 is 58.8. The molecule has 1 saturated heterocycles. The molecule has 10 nitrogen and oxygen atoms in total. The van der Waals surface area contributed by atoms with Crippen LogP contribution in [0.4, 0.5) is 8.78 Å². The minimum Gasteiger partial charge on any atom is -0.364 e. The number of aryl methyl sites for hydroxylation is 1. The Balaban J connectivity index is 1.33. The molecule has 0 unspecified atom stereocenters. The Hall–Kier alpha value is -3.71. The number of hydrogen-bond donors (Lipinski definition) is 1. The highest BCUT2D eigenvalue weighted by Gasteiger charge is 2.48. The number of benzene rings is 1. The van der Waals surface area contributed by atoms with E-state index in [0.717, 1.165) is 11.1 Å². The highest BCUT2D eigenvalue weighted by atomic mass is 32.2. The predicted molar refractivity (Wildman–Crippen MR) is 142 cm³/mol. The number of alkyl halides is 2. The second kappa shape index (κ2) is 9.44. The number of fused-ring (bicyclic) bond motifs is 1. The Morgan fingerprint density at radius 3 is 2.48 bits per heavy atom. The summed E-state index contributed by atoms with van der Waals surface area (Å²) in [7, 11) is -3.22. The summed E-state index contributed by atoms with van der Waals surface area (Å²) in [6, 6.07) is 9.25. The average Bonchev–Trinajstić information content (AvgIpc) is 3.52. The third kappa shape index (κ3) is 4.77. The maximum Gasteiger partial charge on any atom is 0.268 e. The number of carbonyl (C=O) groups is 1. The van der Waals surface area contributed by atoms with E-state index in [4.69, 9.17) is 15.2 Å². The van der Waals surface area contributed by atoms with Gasteiger partial charge in [-0.3, -0.25) is 9.20 Å². The number of hydrogen-bond acceptors (Lipinski definition) is 7. The molecule has 2 aliphatic rings. The molecule has 0 atom stereocenters. The minimum absolute atomic E-state index is 0.160. The molecule has 0 spiro atoms. The van der Waals surface area contributed by atoms with Crippen LogP contribution in [-0.4, -0.2) is 63.4 Å². The van der Waals surface area contributed by atoms with Gasteiger partial charge in [-0.25, -0.2) is 26.5 Å². The van der Waals surface area contributed by atoms with E-state index in [1.807, 2.05) is 25.1 Å². The number of nitrogens with two attached hydrogens (primary N) is 1. The highest BCUT2D eigenvalue weighted by molar-refractivity contribution is 7.88. The van der Waals surface area contributed by atoms with E-state index in [0.29, 0.717) is 48.4 Å². The lowest BCUT2D eigenvalue weighted by Gasteiger charge is -2.31. The SMILES string of the molecule is Cc1ccc(-c2noc(C3CC(F)(F)C3)n2)cc1-c1nc2cc(C3CCN(S(C)(=O)=O)CC3)ccn2c1C(N)=O. The standard InChI is InChI=1S/C27H28F2N6O4S/c1-15-3-4-18(25-32-26(39-33-25)19-13-27(28,29)14-19)11-20(15)22-23(24(30)36)35-10-7-17(12-21(35)31-22)16-5-8-34(9-6-16)40(2,37)38/h3-4,7,10-12,16,19H,5-6,8-9,13-14H2,1-2H3,(H2,30,36). The van der Waals surface area contributed by atoms with Gasteiger partial charge in [0.1, 0.15) is 17.0 Å². The average molecular weight is 571 g/mol. The summed E-state index contributed by atoms with van der Waals surface area (Å²) in [5.41, 5.74) is 10.1. The van der Waals surface area contributed by atoms with Crippen molar-refractivity contribution in [1.82, 2.24) is 23.8 Å². The van der Waals surface area contributed by atoms with Crippen LogP contribution < -0.4 is 5.73 Å². The number of halogens is 2. The minimum atomic E-state index is -3.22. The molecule has 1 saturated carbocycles. The monoisotopic (exact) mass is 570 g/mol. The van der Waals surface area contributed by atoms with Crippen LogP contribution in [0.1, 0.15) is 65.0 Å². The van der Waals surface area contributed by atoms with E-state index in [2.05, 4.69) is 10.1 Å². The smallest absolute Gasteiger partial charge is 0.268 e. The zero-order valence-electron chi connectivity index (χ0n) is 22.0. The first kappa shape index (κ1) is 26.5. The molecule has 2 N–H and O–H groups in total. The Bertz CT molecular complexity index is 1730. The van der Waals surface area contributed by atoms with Crippen molar-refractivity contribution in [2.24, 2.45) is 5.73 Å². The van der Waals surface area contributed by atoms with E-state index < -0.39 is 27.8 Å². The molecular weight excluding hydrogens is 542 g/mol. The lowest BCUT2D eigenvalue weighted by Crippen LogP contribution is -2.37. The first-order valence-electron chi connectivity index (χ1n) is 13.0. The summed E-state index contributed by atoms with van der Waals surface area (Å²) >= 11 is 0. The van der Waals surface area contributed by atoms with Gasteiger partial charge in [0.05, 0.1) is 6.26 Å². The van der Waals surface area contributed by atoms with E-state index in [1.54, 1.807) is 22.7 Å². The maximum absolute atomic E-state index is 13.3. The maximum atomic E-state index is 13.3. The number of piperidine rings is 1. The third-order valence-corrected chi connectivity index (χ3v) is 9.21.